The van der Waals surface area contributed by atoms with E-state index in [0.717, 1.165) is 23.9 Å². The minimum atomic E-state index is -0.472. The number of hydrogen-bond acceptors (Lipinski definition) is 3. The molecule has 1 N–H and O–H groups in total. The van der Waals surface area contributed by atoms with E-state index in [4.69, 9.17) is 20.9 Å². The minimum Gasteiger partial charge on any atom is -0.508 e. The highest BCUT2D eigenvalue weighted by atomic mass is 35.5. The maximum atomic E-state index is 9.85. The molecule has 0 aromatic heterocycles. The van der Waals surface area contributed by atoms with Crippen molar-refractivity contribution in [1.82, 2.24) is 0 Å². The molecule has 1 aliphatic carbocycles. The van der Waals surface area contributed by atoms with Gasteiger partial charge in [0.1, 0.15) is 5.75 Å². The minimum absolute atomic E-state index is 0.157. The SMILES string of the molecule is CC1(C)OB(c2cc(O)cc(Cl)c2C2CC2)OC1(C)C. The summed E-state index contributed by atoms with van der Waals surface area (Å²) >= 11 is 6.32. The van der Waals surface area contributed by atoms with E-state index in [9.17, 15) is 5.11 Å². The molecule has 2 aliphatic rings. The quantitative estimate of drug-likeness (QED) is 0.851. The van der Waals surface area contributed by atoms with Gasteiger partial charge >= 0.3 is 7.12 Å². The van der Waals surface area contributed by atoms with Crippen LogP contribution in [0.15, 0.2) is 12.1 Å². The van der Waals surface area contributed by atoms with Gasteiger partial charge in [-0.05, 0) is 69.6 Å². The Hall–Kier alpha value is -0.705. The van der Waals surface area contributed by atoms with Crippen molar-refractivity contribution in [2.75, 3.05) is 0 Å². The Kier molecular flexibility index (Phi) is 3.13. The van der Waals surface area contributed by atoms with Gasteiger partial charge in [-0.3, -0.25) is 0 Å². The molecule has 1 aromatic rings. The second-order valence-corrected chi connectivity index (χ2v) is 7.20. The van der Waals surface area contributed by atoms with Crippen LogP contribution in [-0.4, -0.2) is 23.4 Å². The highest BCUT2D eigenvalue weighted by Crippen LogP contribution is 2.45. The predicted molar refractivity (Wildman–Crippen MR) is 80.8 cm³/mol. The molecule has 3 nitrogen and oxygen atoms in total. The summed E-state index contributed by atoms with van der Waals surface area (Å²) in [6.07, 6.45) is 2.27. The Morgan fingerprint density at radius 2 is 1.70 bits per heavy atom. The Morgan fingerprint density at radius 3 is 2.20 bits per heavy atom. The summed E-state index contributed by atoms with van der Waals surface area (Å²) in [6.45, 7) is 8.09. The van der Waals surface area contributed by atoms with E-state index < -0.39 is 18.3 Å². The van der Waals surface area contributed by atoms with Crippen molar-refractivity contribution in [2.24, 2.45) is 0 Å². The molecule has 1 saturated heterocycles. The molecule has 1 aliphatic heterocycles. The zero-order valence-corrected chi connectivity index (χ0v) is 13.1. The molecule has 0 bridgehead atoms. The standard InChI is InChI=1S/C15H20BClO3/c1-14(2)15(3,4)20-16(19-14)11-7-10(18)8-12(17)13(11)9-5-6-9/h7-9,18H,5-6H2,1-4H3. The molecule has 1 heterocycles. The Morgan fingerprint density at radius 1 is 1.15 bits per heavy atom. The van der Waals surface area contributed by atoms with Crippen LogP contribution in [0, 0.1) is 0 Å². The van der Waals surface area contributed by atoms with Crippen molar-refractivity contribution in [2.45, 2.75) is 57.7 Å². The van der Waals surface area contributed by atoms with Crippen molar-refractivity contribution < 1.29 is 14.4 Å². The van der Waals surface area contributed by atoms with Crippen molar-refractivity contribution >= 4 is 24.2 Å². The average Bonchev–Trinajstić information content (AvgIpc) is 3.06. The first kappa shape index (κ1) is 14.2. The summed E-state index contributed by atoms with van der Waals surface area (Å²) in [5.74, 6) is 0.626. The molecule has 0 amide bonds. The summed E-state index contributed by atoms with van der Waals surface area (Å²) in [7, 11) is -0.472. The lowest BCUT2D eigenvalue weighted by atomic mass is 9.74. The second kappa shape index (κ2) is 4.39. The highest BCUT2D eigenvalue weighted by Gasteiger charge is 2.53. The molecule has 1 aromatic carbocycles. The van der Waals surface area contributed by atoms with Crippen LogP contribution in [0.2, 0.25) is 5.02 Å². The summed E-state index contributed by atoms with van der Waals surface area (Å²) in [4.78, 5) is 0. The van der Waals surface area contributed by atoms with E-state index in [1.165, 1.54) is 0 Å². The third kappa shape index (κ3) is 2.24. The third-order valence-corrected chi connectivity index (χ3v) is 4.95. The number of halogens is 1. The van der Waals surface area contributed by atoms with Crippen molar-refractivity contribution in [3.05, 3.63) is 22.7 Å². The first-order chi connectivity index (χ1) is 9.21. The zero-order chi connectivity index (χ0) is 14.7. The fourth-order valence-corrected chi connectivity index (χ4v) is 2.97. The molecule has 20 heavy (non-hydrogen) atoms. The maximum Gasteiger partial charge on any atom is 0.495 e. The lowest BCUT2D eigenvalue weighted by Gasteiger charge is -2.32. The molecule has 0 radical (unpaired) electrons. The Balaban J connectivity index is 2.03. The highest BCUT2D eigenvalue weighted by molar-refractivity contribution is 6.63. The zero-order valence-electron chi connectivity index (χ0n) is 12.4. The van der Waals surface area contributed by atoms with Crippen molar-refractivity contribution in [1.29, 1.82) is 0 Å². The van der Waals surface area contributed by atoms with Crippen LogP contribution in [-0.2, 0) is 9.31 Å². The van der Waals surface area contributed by atoms with Gasteiger partial charge in [0.15, 0.2) is 0 Å². The van der Waals surface area contributed by atoms with Gasteiger partial charge in [-0.1, -0.05) is 11.6 Å². The summed E-state index contributed by atoms with van der Waals surface area (Å²) in [5.41, 5.74) is 1.16. The van der Waals surface area contributed by atoms with Gasteiger partial charge in [0.2, 0.25) is 0 Å². The van der Waals surface area contributed by atoms with E-state index in [2.05, 4.69) is 0 Å². The first-order valence-corrected chi connectivity index (χ1v) is 7.47. The maximum absolute atomic E-state index is 9.85. The van der Waals surface area contributed by atoms with E-state index >= 15 is 0 Å². The molecule has 1 saturated carbocycles. The Bertz CT molecular complexity index is 536. The Labute approximate surface area is 125 Å². The molecule has 3 rings (SSSR count). The molecule has 5 heteroatoms. The fourth-order valence-electron chi connectivity index (χ4n) is 2.59. The topological polar surface area (TPSA) is 38.7 Å². The van der Waals surface area contributed by atoms with Gasteiger partial charge in [0, 0.05) is 5.02 Å². The lowest BCUT2D eigenvalue weighted by Crippen LogP contribution is -2.41. The number of phenolic OH excluding ortho intramolecular Hbond substituents is 1. The smallest absolute Gasteiger partial charge is 0.495 e. The van der Waals surface area contributed by atoms with Gasteiger partial charge in [-0.2, -0.15) is 0 Å². The molecule has 0 atom stereocenters. The van der Waals surface area contributed by atoms with Crippen LogP contribution >= 0.6 is 11.6 Å². The summed E-state index contributed by atoms with van der Waals surface area (Å²) < 4.78 is 12.2. The number of rotatable bonds is 2. The lowest BCUT2D eigenvalue weighted by molar-refractivity contribution is 0.00578. The average molecular weight is 295 g/mol. The predicted octanol–water partition coefficient (Wildman–Crippen LogP) is 3.22. The molecule has 108 valence electrons. The molecular formula is C15H20BClO3. The monoisotopic (exact) mass is 294 g/mol. The van der Waals surface area contributed by atoms with Gasteiger partial charge in [0.25, 0.3) is 0 Å². The van der Waals surface area contributed by atoms with Gasteiger partial charge in [0.05, 0.1) is 11.2 Å². The molecule has 0 unspecified atom stereocenters. The van der Waals surface area contributed by atoms with E-state index in [-0.39, 0.29) is 5.75 Å². The molecule has 0 spiro atoms. The third-order valence-electron chi connectivity index (χ3n) is 4.64. The number of aromatic hydroxyl groups is 1. The summed E-state index contributed by atoms with van der Waals surface area (Å²) in [6, 6.07) is 3.33. The van der Waals surface area contributed by atoms with Crippen LogP contribution in [0.25, 0.3) is 0 Å². The van der Waals surface area contributed by atoms with Crippen LogP contribution in [0.1, 0.15) is 52.0 Å². The number of hydrogen-bond donors (Lipinski definition) is 1. The van der Waals surface area contributed by atoms with Gasteiger partial charge < -0.3 is 14.4 Å². The largest absolute Gasteiger partial charge is 0.508 e. The van der Waals surface area contributed by atoms with Crippen LogP contribution in [0.5, 0.6) is 5.75 Å². The van der Waals surface area contributed by atoms with Gasteiger partial charge in [-0.25, -0.2) is 0 Å². The molecular weight excluding hydrogens is 274 g/mol. The van der Waals surface area contributed by atoms with Crippen LogP contribution in [0.4, 0.5) is 0 Å². The van der Waals surface area contributed by atoms with E-state index in [1.807, 2.05) is 27.7 Å². The van der Waals surface area contributed by atoms with E-state index in [0.29, 0.717) is 10.9 Å². The van der Waals surface area contributed by atoms with Crippen LogP contribution < -0.4 is 5.46 Å². The van der Waals surface area contributed by atoms with Crippen molar-refractivity contribution in [3.8, 4) is 5.75 Å². The number of benzene rings is 1. The first-order valence-electron chi connectivity index (χ1n) is 7.09. The molecule has 2 fully saturated rings. The van der Waals surface area contributed by atoms with Crippen molar-refractivity contribution in [3.63, 3.8) is 0 Å². The fraction of sp³-hybridized carbons (Fsp3) is 0.600. The summed E-state index contributed by atoms with van der Waals surface area (Å²) in [5, 5.41) is 10.5. The van der Waals surface area contributed by atoms with Crippen LogP contribution in [0.3, 0.4) is 0 Å². The number of phenols is 1. The van der Waals surface area contributed by atoms with Gasteiger partial charge in [-0.15, -0.1) is 0 Å². The van der Waals surface area contributed by atoms with E-state index in [1.54, 1.807) is 12.1 Å². The normalized spacial score (nSPS) is 24.1. The second-order valence-electron chi connectivity index (χ2n) is 6.79.